The topological polar surface area (TPSA) is 92.5 Å². The van der Waals surface area contributed by atoms with E-state index in [1.807, 2.05) is 13.8 Å². The Bertz CT molecular complexity index is 720. The number of rotatable bonds is 5. The summed E-state index contributed by atoms with van der Waals surface area (Å²) >= 11 is 0. The average molecular weight is 404 g/mol. The second kappa shape index (κ2) is 8.69. The summed E-state index contributed by atoms with van der Waals surface area (Å²) in [4.78, 5) is 14.7. The van der Waals surface area contributed by atoms with Crippen LogP contribution in [0.3, 0.4) is 0 Å². The van der Waals surface area contributed by atoms with Crippen LogP contribution in [0, 0.1) is 5.41 Å². The van der Waals surface area contributed by atoms with Gasteiger partial charge in [-0.15, -0.1) is 12.4 Å². The number of carbonyl (C=O) groups is 1. The lowest BCUT2D eigenvalue weighted by atomic mass is 9.79. The molecule has 1 amide bonds. The van der Waals surface area contributed by atoms with Gasteiger partial charge >= 0.3 is 0 Å². The van der Waals surface area contributed by atoms with Crippen molar-refractivity contribution in [2.24, 2.45) is 11.1 Å². The Morgan fingerprint density at radius 1 is 1.35 bits per heavy atom. The van der Waals surface area contributed by atoms with Crippen molar-refractivity contribution in [1.29, 1.82) is 0 Å². The van der Waals surface area contributed by atoms with Crippen LogP contribution in [0.4, 0.5) is 0 Å². The third-order valence-electron chi connectivity index (χ3n) is 4.98. The van der Waals surface area contributed by atoms with Crippen LogP contribution in [0.15, 0.2) is 29.2 Å². The molecule has 1 heterocycles. The van der Waals surface area contributed by atoms with Crippen LogP contribution in [0.2, 0.25) is 0 Å². The molecule has 1 aromatic carbocycles. The lowest BCUT2D eigenvalue weighted by Crippen LogP contribution is -2.54. The molecule has 1 aliphatic heterocycles. The molecule has 26 heavy (non-hydrogen) atoms. The van der Waals surface area contributed by atoms with Crippen molar-refractivity contribution < 1.29 is 13.2 Å². The highest BCUT2D eigenvalue weighted by Gasteiger charge is 2.35. The molecule has 1 fully saturated rings. The van der Waals surface area contributed by atoms with E-state index >= 15 is 0 Å². The standard InChI is InChI=1S/C18H29N3O3S.ClH/c1-5-13(2)20-25(23,24)15-8-6-14(7-9-15)17(22)21-11-10-16(19)18(3,4)12-21;/h6-9,13,16,20H,5,10-12,19H2,1-4H3;1H. The van der Waals surface area contributed by atoms with E-state index in [9.17, 15) is 13.2 Å². The first-order valence-electron chi connectivity index (χ1n) is 8.74. The number of amides is 1. The van der Waals surface area contributed by atoms with Crippen molar-refractivity contribution in [2.45, 2.75) is 57.5 Å². The molecular weight excluding hydrogens is 374 g/mol. The molecule has 0 aromatic heterocycles. The highest BCUT2D eigenvalue weighted by atomic mass is 35.5. The minimum Gasteiger partial charge on any atom is -0.338 e. The van der Waals surface area contributed by atoms with E-state index in [0.717, 1.165) is 6.42 Å². The van der Waals surface area contributed by atoms with Crippen LogP contribution < -0.4 is 10.5 Å². The Morgan fingerprint density at radius 3 is 2.42 bits per heavy atom. The molecule has 2 atom stereocenters. The largest absolute Gasteiger partial charge is 0.338 e. The fraction of sp³-hybridized carbons (Fsp3) is 0.611. The average Bonchev–Trinajstić information content (AvgIpc) is 2.56. The number of nitrogens with two attached hydrogens (primary N) is 1. The monoisotopic (exact) mass is 403 g/mol. The minimum atomic E-state index is -3.56. The first-order valence-corrected chi connectivity index (χ1v) is 10.2. The van der Waals surface area contributed by atoms with Gasteiger partial charge in [-0.05, 0) is 49.4 Å². The highest BCUT2D eigenvalue weighted by Crippen LogP contribution is 2.28. The van der Waals surface area contributed by atoms with Crippen molar-refractivity contribution in [1.82, 2.24) is 9.62 Å². The van der Waals surface area contributed by atoms with E-state index in [1.54, 1.807) is 17.0 Å². The van der Waals surface area contributed by atoms with E-state index in [2.05, 4.69) is 18.6 Å². The Morgan fingerprint density at radius 2 is 1.92 bits per heavy atom. The first-order chi connectivity index (χ1) is 11.6. The molecule has 0 aliphatic carbocycles. The Kier molecular flexibility index (Phi) is 7.65. The van der Waals surface area contributed by atoms with Crippen molar-refractivity contribution in [2.75, 3.05) is 13.1 Å². The van der Waals surface area contributed by atoms with Gasteiger partial charge < -0.3 is 10.6 Å². The summed E-state index contributed by atoms with van der Waals surface area (Å²) < 4.78 is 27.2. The SMILES string of the molecule is CCC(C)NS(=O)(=O)c1ccc(C(=O)N2CCC(N)C(C)(C)C2)cc1.Cl. The van der Waals surface area contributed by atoms with Crippen molar-refractivity contribution >= 4 is 28.3 Å². The van der Waals surface area contributed by atoms with Gasteiger partial charge in [0.2, 0.25) is 10.0 Å². The van der Waals surface area contributed by atoms with Gasteiger partial charge in [-0.1, -0.05) is 20.8 Å². The zero-order chi connectivity index (χ0) is 18.8. The van der Waals surface area contributed by atoms with Gasteiger partial charge in [0.15, 0.2) is 0 Å². The molecule has 148 valence electrons. The maximum absolute atomic E-state index is 12.7. The highest BCUT2D eigenvalue weighted by molar-refractivity contribution is 7.89. The molecule has 0 saturated carbocycles. The van der Waals surface area contributed by atoms with E-state index < -0.39 is 10.0 Å². The number of piperidine rings is 1. The van der Waals surface area contributed by atoms with Gasteiger partial charge in [0.1, 0.15) is 0 Å². The van der Waals surface area contributed by atoms with Gasteiger partial charge in [0.25, 0.3) is 5.91 Å². The van der Waals surface area contributed by atoms with Crippen LogP contribution in [0.5, 0.6) is 0 Å². The zero-order valence-corrected chi connectivity index (χ0v) is 17.5. The summed E-state index contributed by atoms with van der Waals surface area (Å²) in [6.45, 7) is 9.08. The van der Waals surface area contributed by atoms with Crippen LogP contribution >= 0.6 is 12.4 Å². The molecular formula is C18H30ClN3O3S. The minimum absolute atomic E-state index is 0. The smallest absolute Gasteiger partial charge is 0.253 e. The number of likely N-dealkylation sites (tertiary alicyclic amines) is 1. The summed E-state index contributed by atoms with van der Waals surface area (Å²) in [5.41, 5.74) is 6.49. The Hall–Kier alpha value is -1.15. The molecule has 1 aromatic rings. The van der Waals surface area contributed by atoms with Gasteiger partial charge in [-0.2, -0.15) is 0 Å². The summed E-state index contributed by atoms with van der Waals surface area (Å²) in [7, 11) is -3.56. The normalized spacial score (nSPS) is 21.0. The van der Waals surface area contributed by atoms with Crippen molar-refractivity contribution in [3.63, 3.8) is 0 Å². The number of halogens is 1. The van der Waals surface area contributed by atoms with Crippen LogP contribution in [-0.4, -0.2) is 44.4 Å². The lowest BCUT2D eigenvalue weighted by Gasteiger charge is -2.42. The van der Waals surface area contributed by atoms with Crippen molar-refractivity contribution in [3.05, 3.63) is 29.8 Å². The molecule has 3 N–H and O–H groups in total. The molecule has 1 saturated heterocycles. The number of hydrogen-bond donors (Lipinski definition) is 2. The third-order valence-corrected chi connectivity index (χ3v) is 6.59. The van der Waals surface area contributed by atoms with Gasteiger partial charge in [0.05, 0.1) is 4.90 Å². The summed E-state index contributed by atoms with van der Waals surface area (Å²) in [6, 6.07) is 6.07. The number of benzene rings is 1. The second-order valence-electron chi connectivity index (χ2n) is 7.57. The Labute approximate surface area is 163 Å². The van der Waals surface area contributed by atoms with E-state index in [-0.39, 0.29) is 40.7 Å². The van der Waals surface area contributed by atoms with Crippen LogP contribution in [0.1, 0.15) is 50.9 Å². The van der Waals surface area contributed by atoms with Crippen molar-refractivity contribution in [3.8, 4) is 0 Å². The number of hydrogen-bond acceptors (Lipinski definition) is 4. The molecule has 6 nitrogen and oxygen atoms in total. The first kappa shape index (κ1) is 22.9. The number of nitrogens with one attached hydrogen (secondary N) is 1. The number of sulfonamides is 1. The predicted molar refractivity (Wildman–Crippen MR) is 106 cm³/mol. The summed E-state index contributed by atoms with van der Waals surface area (Å²) in [5, 5.41) is 0. The molecule has 1 aliphatic rings. The molecule has 0 bridgehead atoms. The van der Waals surface area contributed by atoms with Gasteiger partial charge in [-0.3, -0.25) is 4.79 Å². The fourth-order valence-electron chi connectivity index (χ4n) is 2.92. The zero-order valence-electron chi connectivity index (χ0n) is 15.9. The number of nitrogens with zero attached hydrogens (tertiary/aromatic N) is 1. The molecule has 0 spiro atoms. The van der Waals surface area contributed by atoms with Crippen LogP contribution in [0.25, 0.3) is 0 Å². The van der Waals surface area contributed by atoms with E-state index in [4.69, 9.17) is 5.73 Å². The quantitative estimate of drug-likeness (QED) is 0.789. The molecule has 2 unspecified atom stereocenters. The van der Waals surface area contributed by atoms with E-state index in [1.165, 1.54) is 12.1 Å². The lowest BCUT2D eigenvalue weighted by molar-refractivity contribution is 0.0533. The summed E-state index contributed by atoms with van der Waals surface area (Å²) in [6.07, 6.45) is 1.48. The maximum Gasteiger partial charge on any atom is 0.253 e. The maximum atomic E-state index is 12.7. The third kappa shape index (κ3) is 5.19. The number of carbonyl (C=O) groups excluding carboxylic acids is 1. The van der Waals surface area contributed by atoms with E-state index in [0.29, 0.717) is 25.1 Å². The van der Waals surface area contributed by atoms with Gasteiger partial charge in [0, 0.05) is 30.7 Å². The molecule has 8 heteroatoms. The predicted octanol–water partition coefficient (Wildman–Crippen LogP) is 2.38. The van der Waals surface area contributed by atoms with Crippen LogP contribution in [-0.2, 0) is 10.0 Å². The fourth-order valence-corrected chi connectivity index (χ4v) is 4.25. The molecule has 0 radical (unpaired) electrons. The Balaban J connectivity index is 0.00000338. The van der Waals surface area contributed by atoms with Gasteiger partial charge in [-0.25, -0.2) is 13.1 Å². The second-order valence-corrected chi connectivity index (χ2v) is 9.28. The summed E-state index contributed by atoms with van der Waals surface area (Å²) in [5.74, 6) is -0.0844. The molecule has 2 rings (SSSR count).